The molecule has 3 rings (SSSR count). The summed E-state index contributed by atoms with van der Waals surface area (Å²) in [6, 6.07) is 9.56. The lowest BCUT2D eigenvalue weighted by Gasteiger charge is -2.19. The van der Waals surface area contributed by atoms with Gasteiger partial charge in [-0.3, -0.25) is 4.79 Å². The molecule has 1 aromatic heterocycles. The summed E-state index contributed by atoms with van der Waals surface area (Å²) in [5, 5.41) is 12.1. The molecule has 2 N–H and O–H groups in total. The average Bonchev–Trinajstić information content (AvgIpc) is 2.91. The van der Waals surface area contributed by atoms with Gasteiger partial charge in [0.2, 0.25) is 0 Å². The summed E-state index contributed by atoms with van der Waals surface area (Å²) < 4.78 is 11.0. The van der Waals surface area contributed by atoms with E-state index in [0.717, 1.165) is 26.9 Å². The molecule has 0 radical (unpaired) electrons. The minimum absolute atomic E-state index is 0.0781. The maximum Gasteiger partial charge on any atom is 0.308 e. The number of hydrogen-bond donors (Lipinski definition) is 2. The van der Waals surface area contributed by atoms with Gasteiger partial charge >= 0.3 is 5.97 Å². The van der Waals surface area contributed by atoms with E-state index in [2.05, 4.69) is 5.32 Å². The van der Waals surface area contributed by atoms with Gasteiger partial charge in [0.1, 0.15) is 13.2 Å². The Bertz CT molecular complexity index is 653. The van der Waals surface area contributed by atoms with Crippen LogP contribution in [-0.2, 0) is 17.8 Å². The molecule has 110 valence electrons. The molecule has 5 nitrogen and oxygen atoms in total. The zero-order valence-corrected chi connectivity index (χ0v) is 12.1. The van der Waals surface area contributed by atoms with Crippen LogP contribution in [0.25, 0.3) is 0 Å². The Morgan fingerprint density at radius 3 is 2.71 bits per heavy atom. The number of carbonyl (C=O) groups is 1. The second-order valence-electron chi connectivity index (χ2n) is 4.65. The van der Waals surface area contributed by atoms with Gasteiger partial charge in [0.25, 0.3) is 0 Å². The highest BCUT2D eigenvalue weighted by Gasteiger charge is 2.11. The molecule has 0 bridgehead atoms. The van der Waals surface area contributed by atoms with E-state index in [0.29, 0.717) is 19.8 Å². The quantitative estimate of drug-likeness (QED) is 0.889. The second kappa shape index (κ2) is 6.05. The Hall–Kier alpha value is -2.21. The number of rotatable bonds is 5. The number of anilines is 1. The highest BCUT2D eigenvalue weighted by molar-refractivity contribution is 7.12. The highest BCUT2D eigenvalue weighted by Crippen LogP contribution is 2.32. The molecule has 6 heteroatoms. The van der Waals surface area contributed by atoms with Crippen molar-refractivity contribution in [2.24, 2.45) is 0 Å². The summed E-state index contributed by atoms with van der Waals surface area (Å²) >= 11 is 1.51. The van der Waals surface area contributed by atoms with Gasteiger partial charge < -0.3 is 19.9 Å². The van der Waals surface area contributed by atoms with Crippen LogP contribution in [0.3, 0.4) is 0 Å². The van der Waals surface area contributed by atoms with Crippen LogP contribution >= 0.6 is 11.3 Å². The van der Waals surface area contributed by atoms with Crippen LogP contribution in [0, 0.1) is 0 Å². The van der Waals surface area contributed by atoms with Crippen LogP contribution in [0.2, 0.25) is 0 Å². The molecule has 0 aliphatic carbocycles. The molecule has 21 heavy (non-hydrogen) atoms. The molecule has 0 saturated heterocycles. The number of carboxylic acids is 1. The van der Waals surface area contributed by atoms with E-state index in [9.17, 15) is 4.79 Å². The Labute approximate surface area is 126 Å². The molecular formula is C15H15NO4S. The van der Waals surface area contributed by atoms with E-state index in [1.54, 1.807) is 0 Å². The van der Waals surface area contributed by atoms with Gasteiger partial charge in [-0.1, -0.05) is 0 Å². The lowest BCUT2D eigenvalue weighted by atomic mass is 10.2. The lowest BCUT2D eigenvalue weighted by Crippen LogP contribution is -2.15. The Morgan fingerprint density at radius 1 is 1.14 bits per heavy atom. The minimum atomic E-state index is -0.803. The van der Waals surface area contributed by atoms with E-state index in [-0.39, 0.29) is 6.42 Å². The fourth-order valence-corrected chi connectivity index (χ4v) is 3.05. The van der Waals surface area contributed by atoms with Gasteiger partial charge in [0.05, 0.1) is 6.42 Å². The third-order valence-corrected chi connectivity index (χ3v) is 4.14. The van der Waals surface area contributed by atoms with Gasteiger partial charge in [-0.2, -0.15) is 0 Å². The largest absolute Gasteiger partial charge is 0.486 e. The van der Waals surface area contributed by atoms with Crippen molar-refractivity contribution in [3.8, 4) is 11.5 Å². The van der Waals surface area contributed by atoms with E-state index >= 15 is 0 Å². The van der Waals surface area contributed by atoms with Crippen molar-refractivity contribution >= 4 is 23.0 Å². The molecular weight excluding hydrogens is 290 g/mol. The van der Waals surface area contributed by atoms with E-state index in [1.165, 1.54) is 11.3 Å². The summed E-state index contributed by atoms with van der Waals surface area (Å²) in [4.78, 5) is 12.6. The molecule has 0 spiro atoms. The van der Waals surface area contributed by atoms with Crippen molar-refractivity contribution in [1.82, 2.24) is 0 Å². The Kier molecular flexibility index (Phi) is 3.96. The first kappa shape index (κ1) is 13.8. The van der Waals surface area contributed by atoms with Crippen LogP contribution < -0.4 is 14.8 Å². The van der Waals surface area contributed by atoms with E-state index in [4.69, 9.17) is 14.6 Å². The lowest BCUT2D eigenvalue weighted by molar-refractivity contribution is -0.136. The van der Waals surface area contributed by atoms with E-state index in [1.807, 2.05) is 30.3 Å². The zero-order chi connectivity index (χ0) is 14.7. The van der Waals surface area contributed by atoms with Crippen molar-refractivity contribution in [3.05, 3.63) is 40.1 Å². The van der Waals surface area contributed by atoms with Crippen LogP contribution in [0.1, 0.15) is 9.75 Å². The van der Waals surface area contributed by atoms with Gasteiger partial charge in [-0.25, -0.2) is 0 Å². The highest BCUT2D eigenvalue weighted by atomic mass is 32.1. The Balaban J connectivity index is 1.62. The van der Waals surface area contributed by atoms with Gasteiger partial charge in [0.15, 0.2) is 11.5 Å². The average molecular weight is 305 g/mol. The molecule has 1 aromatic carbocycles. The first-order chi connectivity index (χ1) is 10.2. The monoisotopic (exact) mass is 305 g/mol. The number of carboxylic acid groups (broad SMARTS) is 1. The summed E-state index contributed by atoms with van der Waals surface area (Å²) in [7, 11) is 0. The molecule has 0 amide bonds. The third-order valence-electron chi connectivity index (χ3n) is 3.05. The van der Waals surface area contributed by atoms with Crippen LogP contribution in [0.5, 0.6) is 11.5 Å². The zero-order valence-electron chi connectivity index (χ0n) is 11.3. The summed E-state index contributed by atoms with van der Waals surface area (Å²) in [5.74, 6) is 0.721. The second-order valence-corrected chi connectivity index (χ2v) is 5.90. The number of nitrogens with one attached hydrogen (secondary N) is 1. The normalized spacial score (nSPS) is 13.0. The molecule has 0 atom stereocenters. The fraction of sp³-hybridized carbons (Fsp3) is 0.267. The van der Waals surface area contributed by atoms with Crippen LogP contribution in [0.4, 0.5) is 5.69 Å². The summed E-state index contributed by atoms with van der Waals surface area (Å²) in [5.41, 5.74) is 0.951. The standard InChI is InChI=1S/C15H15NO4S/c17-15(18)8-11-2-3-12(21-11)9-16-10-1-4-13-14(7-10)20-6-5-19-13/h1-4,7,16H,5-6,8-9H2,(H,17,18). The van der Waals surface area contributed by atoms with Crippen molar-refractivity contribution in [2.45, 2.75) is 13.0 Å². The molecule has 1 aliphatic heterocycles. The Morgan fingerprint density at radius 2 is 1.90 bits per heavy atom. The fourth-order valence-electron chi connectivity index (χ4n) is 2.10. The minimum Gasteiger partial charge on any atom is -0.486 e. The first-order valence-electron chi connectivity index (χ1n) is 6.63. The predicted octanol–water partition coefficient (Wildman–Crippen LogP) is 2.76. The van der Waals surface area contributed by atoms with Gasteiger partial charge in [0, 0.05) is 28.1 Å². The van der Waals surface area contributed by atoms with Crippen molar-refractivity contribution in [3.63, 3.8) is 0 Å². The maximum atomic E-state index is 10.7. The van der Waals surface area contributed by atoms with E-state index < -0.39 is 5.97 Å². The smallest absolute Gasteiger partial charge is 0.308 e. The predicted molar refractivity (Wildman–Crippen MR) is 80.4 cm³/mol. The molecule has 1 aliphatic rings. The number of hydrogen-bond acceptors (Lipinski definition) is 5. The molecule has 0 unspecified atom stereocenters. The molecule has 2 aromatic rings. The van der Waals surface area contributed by atoms with Gasteiger partial charge in [-0.15, -0.1) is 11.3 Å². The topological polar surface area (TPSA) is 67.8 Å². The molecule has 0 saturated carbocycles. The SMILES string of the molecule is O=C(O)Cc1ccc(CNc2ccc3c(c2)OCCO3)s1. The number of aliphatic carboxylic acids is 1. The first-order valence-corrected chi connectivity index (χ1v) is 7.45. The number of ether oxygens (including phenoxy) is 2. The van der Waals surface area contributed by atoms with Crippen LogP contribution in [0.15, 0.2) is 30.3 Å². The van der Waals surface area contributed by atoms with Crippen molar-refractivity contribution in [2.75, 3.05) is 18.5 Å². The number of fused-ring (bicyclic) bond motifs is 1. The van der Waals surface area contributed by atoms with Crippen molar-refractivity contribution < 1.29 is 19.4 Å². The number of benzene rings is 1. The van der Waals surface area contributed by atoms with Gasteiger partial charge in [-0.05, 0) is 24.3 Å². The summed E-state index contributed by atoms with van der Waals surface area (Å²) in [6.07, 6.45) is 0.0781. The molecule has 2 heterocycles. The van der Waals surface area contributed by atoms with Crippen LogP contribution in [-0.4, -0.2) is 24.3 Å². The third kappa shape index (κ3) is 3.46. The maximum absolute atomic E-state index is 10.7. The number of thiophene rings is 1. The van der Waals surface area contributed by atoms with Crippen molar-refractivity contribution in [1.29, 1.82) is 0 Å². The summed E-state index contributed by atoms with van der Waals surface area (Å²) in [6.45, 7) is 1.81. The molecule has 0 fully saturated rings.